The van der Waals surface area contributed by atoms with Gasteiger partial charge in [-0.1, -0.05) is 23.8 Å². The Labute approximate surface area is 109 Å². The maximum atomic E-state index is 11.6. The Kier molecular flexibility index (Phi) is 5.65. The number of ether oxygens (including phenoxy) is 1. The van der Waals surface area contributed by atoms with Gasteiger partial charge < -0.3 is 15.4 Å². The first kappa shape index (κ1) is 14.5. The first-order valence-corrected chi connectivity index (χ1v) is 6.12. The van der Waals surface area contributed by atoms with Crippen LogP contribution in [0.3, 0.4) is 0 Å². The van der Waals surface area contributed by atoms with Gasteiger partial charge in [0, 0.05) is 13.7 Å². The van der Waals surface area contributed by atoms with Crippen LogP contribution >= 0.6 is 0 Å². The summed E-state index contributed by atoms with van der Waals surface area (Å²) in [7, 11) is 1.62. The van der Waals surface area contributed by atoms with Gasteiger partial charge in [-0.25, -0.2) is 4.79 Å². The standard InChI is InChI=1S/C14H22N2O2/c1-10-5-6-13(11(2)7-10)8-15-14(17)16-12(3)9-18-4/h5-7,12H,8-9H2,1-4H3,(H2,15,16,17). The van der Waals surface area contributed by atoms with Crippen LogP contribution in [0.5, 0.6) is 0 Å². The lowest BCUT2D eigenvalue weighted by atomic mass is 10.1. The zero-order chi connectivity index (χ0) is 13.5. The van der Waals surface area contributed by atoms with E-state index in [4.69, 9.17) is 4.74 Å². The zero-order valence-electron chi connectivity index (χ0n) is 11.5. The lowest BCUT2D eigenvalue weighted by Crippen LogP contribution is -2.42. The number of carbonyl (C=O) groups is 1. The van der Waals surface area contributed by atoms with Crippen molar-refractivity contribution in [1.29, 1.82) is 0 Å². The van der Waals surface area contributed by atoms with Crippen molar-refractivity contribution in [2.75, 3.05) is 13.7 Å². The second-order valence-electron chi connectivity index (χ2n) is 4.61. The number of benzene rings is 1. The fourth-order valence-corrected chi connectivity index (χ4v) is 1.79. The average Bonchev–Trinajstić information content (AvgIpc) is 2.28. The fourth-order valence-electron chi connectivity index (χ4n) is 1.79. The number of urea groups is 1. The van der Waals surface area contributed by atoms with Crippen LogP contribution in [0, 0.1) is 13.8 Å². The summed E-state index contributed by atoms with van der Waals surface area (Å²) in [5, 5.41) is 5.65. The first-order chi connectivity index (χ1) is 8.52. The van der Waals surface area contributed by atoms with Crippen molar-refractivity contribution in [3.05, 3.63) is 34.9 Å². The lowest BCUT2D eigenvalue weighted by Gasteiger charge is -2.14. The molecule has 0 aromatic heterocycles. The fraction of sp³-hybridized carbons (Fsp3) is 0.500. The molecule has 4 heteroatoms. The molecule has 0 aliphatic rings. The molecule has 100 valence electrons. The number of aryl methyl sites for hydroxylation is 2. The SMILES string of the molecule is COCC(C)NC(=O)NCc1ccc(C)cc1C. The molecule has 1 aromatic carbocycles. The van der Waals surface area contributed by atoms with E-state index in [1.807, 2.05) is 13.0 Å². The minimum atomic E-state index is -0.167. The molecule has 0 fully saturated rings. The summed E-state index contributed by atoms with van der Waals surface area (Å²) >= 11 is 0. The van der Waals surface area contributed by atoms with E-state index in [9.17, 15) is 4.79 Å². The third-order valence-corrected chi connectivity index (χ3v) is 2.73. The number of hydrogen-bond acceptors (Lipinski definition) is 2. The Morgan fingerprint density at radius 3 is 2.72 bits per heavy atom. The molecule has 2 N–H and O–H groups in total. The average molecular weight is 250 g/mol. The van der Waals surface area contributed by atoms with Crippen LogP contribution in [0.2, 0.25) is 0 Å². The molecule has 0 radical (unpaired) electrons. The van der Waals surface area contributed by atoms with Gasteiger partial charge in [0.25, 0.3) is 0 Å². The van der Waals surface area contributed by atoms with Crippen molar-refractivity contribution < 1.29 is 9.53 Å². The van der Waals surface area contributed by atoms with Gasteiger partial charge in [0.1, 0.15) is 0 Å². The number of rotatable bonds is 5. The summed E-state index contributed by atoms with van der Waals surface area (Å²) in [6, 6.07) is 6.05. The molecule has 1 unspecified atom stereocenters. The normalized spacial score (nSPS) is 12.0. The molecule has 18 heavy (non-hydrogen) atoms. The van der Waals surface area contributed by atoms with E-state index in [1.165, 1.54) is 11.1 Å². The second-order valence-corrected chi connectivity index (χ2v) is 4.61. The van der Waals surface area contributed by atoms with E-state index in [1.54, 1.807) is 7.11 Å². The molecule has 0 bridgehead atoms. The second kappa shape index (κ2) is 7.01. The highest BCUT2D eigenvalue weighted by molar-refractivity contribution is 5.74. The Bertz CT molecular complexity index is 405. The predicted molar refractivity (Wildman–Crippen MR) is 72.6 cm³/mol. The minimum Gasteiger partial charge on any atom is -0.383 e. The van der Waals surface area contributed by atoms with Crippen LogP contribution in [-0.4, -0.2) is 25.8 Å². The van der Waals surface area contributed by atoms with Gasteiger partial charge in [-0.3, -0.25) is 0 Å². The molecular formula is C14H22N2O2. The van der Waals surface area contributed by atoms with Crippen molar-refractivity contribution >= 4 is 6.03 Å². The van der Waals surface area contributed by atoms with Crippen LogP contribution < -0.4 is 10.6 Å². The molecule has 0 heterocycles. The predicted octanol–water partition coefficient (Wildman–Crippen LogP) is 2.14. The van der Waals surface area contributed by atoms with Crippen LogP contribution in [0.4, 0.5) is 4.79 Å². The highest BCUT2D eigenvalue weighted by atomic mass is 16.5. The van der Waals surface area contributed by atoms with Crippen LogP contribution in [0.15, 0.2) is 18.2 Å². The molecule has 0 aliphatic heterocycles. The third kappa shape index (κ3) is 4.75. The molecule has 2 amide bonds. The quantitative estimate of drug-likeness (QED) is 0.841. The summed E-state index contributed by atoms with van der Waals surface area (Å²) in [5.74, 6) is 0. The van der Waals surface area contributed by atoms with Gasteiger partial charge in [-0.15, -0.1) is 0 Å². The van der Waals surface area contributed by atoms with Crippen molar-refractivity contribution in [1.82, 2.24) is 10.6 Å². The Balaban J connectivity index is 2.42. The highest BCUT2D eigenvalue weighted by Gasteiger charge is 2.06. The summed E-state index contributed by atoms with van der Waals surface area (Å²) in [4.78, 5) is 11.6. The monoisotopic (exact) mass is 250 g/mol. The third-order valence-electron chi connectivity index (χ3n) is 2.73. The Morgan fingerprint density at radius 2 is 2.11 bits per heavy atom. The maximum absolute atomic E-state index is 11.6. The summed E-state index contributed by atoms with van der Waals surface area (Å²) in [6.07, 6.45) is 0. The van der Waals surface area contributed by atoms with Crippen molar-refractivity contribution in [2.45, 2.75) is 33.4 Å². The molecule has 0 saturated carbocycles. The number of methoxy groups -OCH3 is 1. The van der Waals surface area contributed by atoms with Crippen molar-refractivity contribution in [2.24, 2.45) is 0 Å². The highest BCUT2D eigenvalue weighted by Crippen LogP contribution is 2.09. The van der Waals surface area contributed by atoms with Gasteiger partial charge in [0.05, 0.1) is 12.6 Å². The van der Waals surface area contributed by atoms with Gasteiger partial charge >= 0.3 is 6.03 Å². The molecule has 4 nitrogen and oxygen atoms in total. The number of amides is 2. The molecule has 0 aliphatic carbocycles. The molecular weight excluding hydrogens is 228 g/mol. The van der Waals surface area contributed by atoms with Gasteiger partial charge in [0.15, 0.2) is 0 Å². The van der Waals surface area contributed by atoms with Crippen molar-refractivity contribution in [3.8, 4) is 0 Å². The molecule has 1 atom stereocenters. The van der Waals surface area contributed by atoms with Crippen LogP contribution in [-0.2, 0) is 11.3 Å². The van der Waals surface area contributed by atoms with E-state index in [0.717, 1.165) is 5.56 Å². The zero-order valence-corrected chi connectivity index (χ0v) is 11.5. The molecule has 1 aromatic rings. The van der Waals surface area contributed by atoms with Crippen LogP contribution in [0.25, 0.3) is 0 Å². The first-order valence-electron chi connectivity index (χ1n) is 6.12. The Hall–Kier alpha value is -1.55. The number of hydrogen-bond donors (Lipinski definition) is 2. The van der Waals surface area contributed by atoms with Gasteiger partial charge in [-0.2, -0.15) is 0 Å². The minimum absolute atomic E-state index is 0.00844. The van der Waals surface area contributed by atoms with E-state index >= 15 is 0 Å². The van der Waals surface area contributed by atoms with E-state index in [0.29, 0.717) is 13.2 Å². The molecule has 0 spiro atoms. The van der Waals surface area contributed by atoms with Crippen molar-refractivity contribution in [3.63, 3.8) is 0 Å². The molecule has 1 rings (SSSR count). The number of carbonyl (C=O) groups excluding carboxylic acids is 1. The molecule has 0 saturated heterocycles. The summed E-state index contributed by atoms with van der Waals surface area (Å²) in [6.45, 7) is 7.06. The lowest BCUT2D eigenvalue weighted by molar-refractivity contribution is 0.171. The summed E-state index contributed by atoms with van der Waals surface area (Å²) < 4.78 is 4.96. The van der Waals surface area contributed by atoms with E-state index < -0.39 is 0 Å². The maximum Gasteiger partial charge on any atom is 0.315 e. The largest absolute Gasteiger partial charge is 0.383 e. The van der Waals surface area contributed by atoms with Gasteiger partial charge in [0.2, 0.25) is 0 Å². The Morgan fingerprint density at radius 1 is 1.39 bits per heavy atom. The smallest absolute Gasteiger partial charge is 0.315 e. The van der Waals surface area contributed by atoms with E-state index in [2.05, 4.69) is 36.6 Å². The number of nitrogens with one attached hydrogen (secondary N) is 2. The van der Waals surface area contributed by atoms with Crippen LogP contribution in [0.1, 0.15) is 23.6 Å². The van der Waals surface area contributed by atoms with Gasteiger partial charge in [-0.05, 0) is 31.9 Å². The topological polar surface area (TPSA) is 50.4 Å². The summed E-state index contributed by atoms with van der Waals surface area (Å²) in [5.41, 5.74) is 3.56. The van der Waals surface area contributed by atoms with E-state index in [-0.39, 0.29) is 12.1 Å².